The summed E-state index contributed by atoms with van der Waals surface area (Å²) >= 11 is 12.1. The smallest absolute Gasteiger partial charge is 0.338 e. The van der Waals surface area contributed by atoms with Crippen molar-refractivity contribution in [1.82, 2.24) is 9.78 Å². The molecule has 2 aromatic rings. The van der Waals surface area contributed by atoms with E-state index in [1.165, 1.54) is 7.11 Å². The normalized spacial score (nSPS) is 17.0. The van der Waals surface area contributed by atoms with Gasteiger partial charge in [0.15, 0.2) is 0 Å². The van der Waals surface area contributed by atoms with Gasteiger partial charge in [-0.1, -0.05) is 29.3 Å². The number of ether oxygens (including phenoxy) is 1. The third kappa shape index (κ3) is 2.36. The van der Waals surface area contributed by atoms with Crippen LogP contribution in [-0.4, -0.2) is 22.9 Å². The number of hydrogen-bond donors (Lipinski definition) is 1. The van der Waals surface area contributed by atoms with E-state index < -0.39 is 12.0 Å². The second-order valence-electron chi connectivity index (χ2n) is 4.89. The van der Waals surface area contributed by atoms with Gasteiger partial charge in [0.2, 0.25) is 0 Å². The minimum absolute atomic E-state index is 0.415. The molecule has 0 amide bonds. The molecule has 7 heteroatoms. The van der Waals surface area contributed by atoms with E-state index in [1.807, 2.05) is 19.1 Å². The third-order valence-corrected chi connectivity index (χ3v) is 4.31. The monoisotopic (exact) mass is 337 g/mol. The van der Waals surface area contributed by atoms with Crippen LogP contribution in [0.4, 0.5) is 5.82 Å². The summed E-state index contributed by atoms with van der Waals surface area (Å²) in [4.78, 5) is 12.2. The topological polar surface area (TPSA) is 56.1 Å². The van der Waals surface area contributed by atoms with Gasteiger partial charge >= 0.3 is 5.97 Å². The molecule has 2 heterocycles. The number of benzene rings is 1. The van der Waals surface area contributed by atoms with Gasteiger partial charge in [0.25, 0.3) is 0 Å². The number of halogens is 2. The molecule has 5 nitrogen and oxygen atoms in total. The van der Waals surface area contributed by atoms with Crippen molar-refractivity contribution in [2.24, 2.45) is 0 Å². The zero-order valence-electron chi connectivity index (χ0n) is 11.9. The lowest BCUT2D eigenvalue weighted by molar-refractivity contribution is -0.136. The van der Waals surface area contributed by atoms with Crippen LogP contribution < -0.4 is 5.32 Å². The van der Waals surface area contributed by atoms with Crippen molar-refractivity contribution >= 4 is 35.0 Å². The van der Waals surface area contributed by atoms with E-state index in [0.717, 1.165) is 17.1 Å². The van der Waals surface area contributed by atoms with Gasteiger partial charge in [0.05, 0.1) is 28.9 Å². The van der Waals surface area contributed by atoms with E-state index in [0.29, 0.717) is 15.6 Å². The molecular formula is C15H13Cl2N3O2. The Hall–Kier alpha value is -1.98. The SMILES string of the molecule is COC(=O)C1=C(C)Nc2ccnn2C1c1ccc(Cl)c(Cl)c1. The van der Waals surface area contributed by atoms with Crippen LogP contribution in [0.2, 0.25) is 10.0 Å². The minimum Gasteiger partial charge on any atom is -0.466 e. The number of carbonyl (C=O) groups is 1. The van der Waals surface area contributed by atoms with Gasteiger partial charge in [0.1, 0.15) is 11.9 Å². The van der Waals surface area contributed by atoms with E-state index in [-0.39, 0.29) is 0 Å². The second-order valence-corrected chi connectivity index (χ2v) is 5.71. The molecule has 0 bridgehead atoms. The Balaban J connectivity index is 2.20. The molecule has 1 aromatic carbocycles. The zero-order valence-corrected chi connectivity index (χ0v) is 13.4. The predicted octanol–water partition coefficient (Wildman–Crippen LogP) is 3.65. The van der Waals surface area contributed by atoms with Crippen LogP contribution in [-0.2, 0) is 9.53 Å². The third-order valence-electron chi connectivity index (χ3n) is 3.57. The fourth-order valence-electron chi connectivity index (χ4n) is 2.57. The van der Waals surface area contributed by atoms with E-state index >= 15 is 0 Å². The van der Waals surface area contributed by atoms with Gasteiger partial charge < -0.3 is 10.1 Å². The van der Waals surface area contributed by atoms with E-state index in [9.17, 15) is 4.79 Å². The quantitative estimate of drug-likeness (QED) is 0.850. The molecule has 0 spiro atoms. The van der Waals surface area contributed by atoms with Crippen LogP contribution in [0, 0.1) is 0 Å². The fourth-order valence-corrected chi connectivity index (χ4v) is 2.88. The molecular weight excluding hydrogens is 325 g/mol. The van der Waals surface area contributed by atoms with E-state index in [4.69, 9.17) is 27.9 Å². The Kier molecular flexibility index (Phi) is 3.85. The lowest BCUT2D eigenvalue weighted by Gasteiger charge is -2.29. The molecule has 1 aliphatic heterocycles. The largest absolute Gasteiger partial charge is 0.466 e. The Bertz CT molecular complexity index is 783. The molecule has 1 atom stereocenters. The molecule has 22 heavy (non-hydrogen) atoms. The van der Waals surface area contributed by atoms with Gasteiger partial charge in [-0.05, 0) is 24.6 Å². The van der Waals surface area contributed by atoms with Crippen LogP contribution in [0.3, 0.4) is 0 Å². The van der Waals surface area contributed by atoms with Gasteiger partial charge in [0, 0.05) is 11.8 Å². The molecule has 0 saturated carbocycles. The van der Waals surface area contributed by atoms with E-state index in [1.54, 1.807) is 23.0 Å². The maximum absolute atomic E-state index is 12.2. The molecule has 0 aliphatic carbocycles. The summed E-state index contributed by atoms with van der Waals surface area (Å²) < 4.78 is 6.64. The van der Waals surface area contributed by atoms with Crippen molar-refractivity contribution in [3.05, 3.63) is 57.3 Å². The molecule has 0 saturated heterocycles. The molecule has 0 radical (unpaired) electrons. The van der Waals surface area contributed by atoms with Gasteiger partial charge in [-0.2, -0.15) is 5.10 Å². The molecule has 0 fully saturated rings. The number of fused-ring (bicyclic) bond motifs is 1. The maximum Gasteiger partial charge on any atom is 0.338 e. The van der Waals surface area contributed by atoms with Crippen LogP contribution in [0.1, 0.15) is 18.5 Å². The standard InChI is InChI=1S/C15H13Cl2N3O2/c1-8-13(15(21)22-2)14(20-12(19-8)5-6-18-20)9-3-4-10(16)11(17)7-9/h3-7,14,19H,1-2H3. The van der Waals surface area contributed by atoms with Crippen molar-refractivity contribution in [3.8, 4) is 0 Å². The summed E-state index contributed by atoms with van der Waals surface area (Å²) in [6.45, 7) is 1.83. The Morgan fingerprint density at radius 2 is 2.09 bits per heavy atom. The second kappa shape index (κ2) is 5.66. The van der Waals surface area contributed by atoms with Gasteiger partial charge in [-0.25, -0.2) is 9.48 Å². The van der Waals surface area contributed by atoms with Crippen LogP contribution in [0.5, 0.6) is 0 Å². The number of hydrogen-bond acceptors (Lipinski definition) is 4. The molecule has 114 valence electrons. The summed E-state index contributed by atoms with van der Waals surface area (Å²) in [5, 5.41) is 8.34. The van der Waals surface area contributed by atoms with Crippen LogP contribution >= 0.6 is 23.2 Å². The Morgan fingerprint density at radius 3 is 2.77 bits per heavy atom. The summed E-state index contributed by atoms with van der Waals surface area (Å²) in [6.07, 6.45) is 1.67. The maximum atomic E-state index is 12.2. The lowest BCUT2D eigenvalue weighted by Crippen LogP contribution is -2.29. The molecule has 1 N–H and O–H groups in total. The minimum atomic E-state index is -0.423. The number of esters is 1. The first-order valence-corrected chi connectivity index (χ1v) is 7.33. The van der Waals surface area contributed by atoms with Crippen LogP contribution in [0.25, 0.3) is 0 Å². The number of methoxy groups -OCH3 is 1. The zero-order chi connectivity index (χ0) is 15.9. The Morgan fingerprint density at radius 1 is 1.32 bits per heavy atom. The predicted molar refractivity (Wildman–Crippen MR) is 85.2 cm³/mol. The van der Waals surface area contributed by atoms with Crippen molar-refractivity contribution < 1.29 is 9.53 Å². The fraction of sp³-hybridized carbons (Fsp3) is 0.200. The first-order valence-electron chi connectivity index (χ1n) is 6.57. The first-order chi connectivity index (χ1) is 10.5. The number of nitrogens with one attached hydrogen (secondary N) is 1. The number of anilines is 1. The molecule has 3 rings (SSSR count). The summed E-state index contributed by atoms with van der Waals surface area (Å²) in [5.41, 5.74) is 2.01. The highest BCUT2D eigenvalue weighted by Gasteiger charge is 2.33. The van der Waals surface area contributed by atoms with Crippen molar-refractivity contribution in [2.45, 2.75) is 13.0 Å². The highest BCUT2D eigenvalue weighted by molar-refractivity contribution is 6.42. The average molecular weight is 338 g/mol. The van der Waals surface area contributed by atoms with E-state index in [2.05, 4.69) is 10.4 Å². The number of aromatic nitrogens is 2. The van der Waals surface area contributed by atoms with Crippen molar-refractivity contribution in [1.29, 1.82) is 0 Å². The van der Waals surface area contributed by atoms with Crippen LogP contribution in [0.15, 0.2) is 41.7 Å². The Labute approximate surface area is 137 Å². The van der Waals surface area contributed by atoms with Crippen molar-refractivity contribution in [2.75, 3.05) is 12.4 Å². The summed E-state index contributed by atoms with van der Waals surface area (Å²) in [5.74, 6) is 0.378. The average Bonchev–Trinajstić information content (AvgIpc) is 2.95. The molecule has 1 aliphatic rings. The first kappa shape index (κ1) is 14.9. The number of rotatable bonds is 2. The van der Waals surface area contributed by atoms with Gasteiger partial charge in [-0.3, -0.25) is 0 Å². The molecule has 1 unspecified atom stereocenters. The van der Waals surface area contributed by atoms with Gasteiger partial charge in [-0.15, -0.1) is 0 Å². The highest BCUT2D eigenvalue weighted by Crippen LogP contribution is 2.37. The van der Waals surface area contributed by atoms with Crippen molar-refractivity contribution in [3.63, 3.8) is 0 Å². The summed E-state index contributed by atoms with van der Waals surface area (Å²) in [7, 11) is 1.35. The number of allylic oxidation sites excluding steroid dienone is 1. The molecule has 1 aromatic heterocycles. The highest BCUT2D eigenvalue weighted by atomic mass is 35.5. The summed E-state index contributed by atoms with van der Waals surface area (Å²) in [6, 6.07) is 6.68. The number of carbonyl (C=O) groups excluding carboxylic acids is 1. The number of nitrogens with zero attached hydrogens (tertiary/aromatic N) is 2. The lowest BCUT2D eigenvalue weighted by atomic mass is 9.95.